The van der Waals surface area contributed by atoms with Crippen molar-refractivity contribution in [1.29, 1.82) is 0 Å². The fourth-order valence-electron chi connectivity index (χ4n) is 5.02. The van der Waals surface area contributed by atoms with Crippen LogP contribution in [0, 0.1) is 0 Å². The van der Waals surface area contributed by atoms with Gasteiger partial charge in [0.1, 0.15) is 0 Å². The van der Waals surface area contributed by atoms with E-state index < -0.39 is 5.31 Å². The molecule has 0 bridgehead atoms. The van der Waals surface area contributed by atoms with Crippen LogP contribution in [0.3, 0.4) is 0 Å². The molecule has 170 valence electrons. The van der Waals surface area contributed by atoms with E-state index in [1.54, 1.807) is 24.3 Å². The Kier molecular flexibility index (Phi) is 5.97. The summed E-state index contributed by atoms with van der Waals surface area (Å²) in [7, 11) is 0. The Morgan fingerprint density at radius 1 is 0.559 bits per heavy atom. The van der Waals surface area contributed by atoms with Crippen molar-refractivity contribution in [3.8, 4) is 0 Å². The molecule has 0 aliphatic carbocycles. The van der Waals surface area contributed by atoms with Crippen molar-refractivity contribution in [1.82, 2.24) is 4.90 Å². The van der Waals surface area contributed by atoms with Crippen LogP contribution in [0.1, 0.15) is 27.1 Å². The first-order chi connectivity index (χ1) is 16.5. The summed E-state index contributed by atoms with van der Waals surface area (Å²) in [6.07, 6.45) is 1.45. The Bertz CT molecular complexity index is 1210. The molecule has 0 N–H and O–H groups in total. The standard InChI is InChI=1S/C29H25BrNO2P/c30-34(23-13-4-1-5-14-23,24-15-6-2-7-16-24,25-17-8-3-9-18-25)22-12-21-31-28(32)26-19-10-11-20-27(26)29(31)33/h1-11,13-20H,12,21-22H2. The Hall–Kier alpha value is -3.07. The number of nitrogens with zero attached hydrogens (tertiary/aromatic N) is 1. The number of hydrogen-bond donors (Lipinski definition) is 0. The van der Waals surface area contributed by atoms with Crippen molar-refractivity contribution < 1.29 is 9.59 Å². The molecule has 0 atom stereocenters. The first-order valence-electron chi connectivity index (χ1n) is 11.4. The first kappa shape index (κ1) is 22.7. The second kappa shape index (κ2) is 8.94. The van der Waals surface area contributed by atoms with Gasteiger partial charge in [-0.25, -0.2) is 0 Å². The fourth-order valence-corrected chi connectivity index (χ4v) is 12.7. The van der Waals surface area contributed by atoms with Crippen LogP contribution in [0.15, 0.2) is 115 Å². The molecule has 0 unspecified atom stereocenters. The summed E-state index contributed by atoms with van der Waals surface area (Å²) in [6.45, 7) is 0.377. The van der Waals surface area contributed by atoms with Crippen molar-refractivity contribution >= 4 is 48.5 Å². The Labute approximate surface area is 208 Å². The number of imide groups is 1. The van der Waals surface area contributed by atoms with Gasteiger partial charge in [0, 0.05) is 0 Å². The Morgan fingerprint density at radius 3 is 1.29 bits per heavy atom. The van der Waals surface area contributed by atoms with Gasteiger partial charge < -0.3 is 0 Å². The van der Waals surface area contributed by atoms with E-state index in [9.17, 15) is 9.59 Å². The number of hydrogen-bond acceptors (Lipinski definition) is 2. The van der Waals surface area contributed by atoms with Crippen LogP contribution in [0.5, 0.6) is 0 Å². The van der Waals surface area contributed by atoms with Crippen molar-refractivity contribution in [3.05, 3.63) is 126 Å². The zero-order valence-corrected chi connectivity index (χ0v) is 21.2. The molecule has 5 heteroatoms. The molecule has 1 aliphatic rings. The molecule has 0 spiro atoms. The Morgan fingerprint density at radius 2 is 0.912 bits per heavy atom. The average molecular weight is 530 g/mol. The van der Waals surface area contributed by atoms with E-state index in [0.717, 1.165) is 6.16 Å². The maximum absolute atomic E-state index is 13.0. The van der Waals surface area contributed by atoms with Crippen LogP contribution in [-0.2, 0) is 0 Å². The first-order valence-corrected chi connectivity index (χ1v) is 15.8. The second-order valence-electron chi connectivity index (χ2n) is 8.57. The number of amides is 2. The summed E-state index contributed by atoms with van der Waals surface area (Å²) in [5, 5.41) is 0.616. The van der Waals surface area contributed by atoms with Crippen molar-refractivity contribution in [3.63, 3.8) is 0 Å². The molecule has 2 amide bonds. The van der Waals surface area contributed by atoms with Gasteiger partial charge in [-0.05, 0) is 0 Å². The predicted molar refractivity (Wildman–Crippen MR) is 145 cm³/mol. The van der Waals surface area contributed by atoms with Crippen LogP contribution in [0.4, 0.5) is 0 Å². The normalized spacial score (nSPS) is 14.5. The van der Waals surface area contributed by atoms with E-state index in [-0.39, 0.29) is 11.8 Å². The van der Waals surface area contributed by atoms with E-state index in [2.05, 4.69) is 88.3 Å². The van der Waals surface area contributed by atoms with Gasteiger partial charge in [0.15, 0.2) is 0 Å². The molecular formula is C29H25BrNO2P. The van der Waals surface area contributed by atoms with E-state index >= 15 is 0 Å². The monoisotopic (exact) mass is 529 g/mol. The number of carbonyl (C=O) groups excluding carboxylic acids is 2. The molecule has 0 radical (unpaired) electrons. The topological polar surface area (TPSA) is 37.4 Å². The van der Waals surface area contributed by atoms with Crippen molar-refractivity contribution in [2.24, 2.45) is 0 Å². The molecule has 3 nitrogen and oxygen atoms in total. The molecule has 4 aromatic rings. The number of halogens is 1. The van der Waals surface area contributed by atoms with Gasteiger partial charge >= 0.3 is 209 Å². The molecule has 34 heavy (non-hydrogen) atoms. The van der Waals surface area contributed by atoms with Gasteiger partial charge in [0.25, 0.3) is 0 Å². The SMILES string of the molecule is O=C1c2ccccc2C(=O)N1CCCP(Br)(c1ccccc1)(c1ccccc1)c1ccccc1. The molecule has 0 fully saturated rings. The molecule has 1 heterocycles. The number of carbonyl (C=O) groups is 2. The van der Waals surface area contributed by atoms with Crippen LogP contribution in [0.2, 0.25) is 0 Å². The molecular weight excluding hydrogens is 505 g/mol. The summed E-state index contributed by atoms with van der Waals surface area (Å²) < 4.78 is 0. The zero-order valence-electron chi connectivity index (χ0n) is 18.7. The van der Waals surface area contributed by atoms with Gasteiger partial charge in [0.05, 0.1) is 0 Å². The van der Waals surface area contributed by atoms with Gasteiger partial charge in [-0.1, -0.05) is 0 Å². The number of benzene rings is 4. The van der Waals surface area contributed by atoms with Crippen LogP contribution in [0.25, 0.3) is 0 Å². The summed E-state index contributed by atoms with van der Waals surface area (Å²) in [4.78, 5) is 27.3. The third-order valence-corrected chi connectivity index (χ3v) is 16.8. The fraction of sp³-hybridized carbons (Fsp3) is 0.103. The van der Waals surface area contributed by atoms with E-state index in [1.165, 1.54) is 20.8 Å². The quantitative estimate of drug-likeness (QED) is 0.234. The van der Waals surface area contributed by atoms with E-state index in [1.807, 2.05) is 18.2 Å². The summed E-state index contributed by atoms with van der Waals surface area (Å²) in [5.74, 6) is -0.399. The minimum atomic E-state index is -3.07. The van der Waals surface area contributed by atoms with Crippen LogP contribution in [-0.4, -0.2) is 29.4 Å². The third kappa shape index (κ3) is 3.53. The summed E-state index contributed by atoms with van der Waals surface area (Å²) in [5.41, 5.74) is 0.996. The van der Waals surface area contributed by atoms with E-state index in [0.29, 0.717) is 24.1 Å². The van der Waals surface area contributed by atoms with Gasteiger partial charge in [-0.15, -0.1) is 0 Å². The third-order valence-electron chi connectivity index (χ3n) is 6.72. The van der Waals surface area contributed by atoms with Gasteiger partial charge in [-0.2, -0.15) is 0 Å². The van der Waals surface area contributed by atoms with Gasteiger partial charge in [-0.3, -0.25) is 0 Å². The molecule has 0 saturated carbocycles. The number of rotatable bonds is 7. The molecule has 0 aromatic heterocycles. The predicted octanol–water partition coefficient (Wildman–Crippen LogP) is 5.51. The maximum atomic E-state index is 13.0. The molecule has 4 aromatic carbocycles. The molecule has 1 aliphatic heterocycles. The van der Waals surface area contributed by atoms with Crippen LogP contribution < -0.4 is 15.9 Å². The Balaban J connectivity index is 1.57. The molecule has 0 saturated heterocycles. The summed E-state index contributed by atoms with van der Waals surface area (Å²) >= 11 is 4.43. The number of fused-ring (bicyclic) bond motifs is 1. The van der Waals surface area contributed by atoms with Crippen LogP contribution >= 0.6 is 20.8 Å². The van der Waals surface area contributed by atoms with Gasteiger partial charge in [0.2, 0.25) is 0 Å². The summed E-state index contributed by atoms with van der Waals surface area (Å²) in [6, 6.07) is 38.8. The second-order valence-corrected chi connectivity index (χ2v) is 17.6. The van der Waals surface area contributed by atoms with Crippen molar-refractivity contribution in [2.75, 3.05) is 12.7 Å². The zero-order chi connectivity index (χ0) is 23.6. The van der Waals surface area contributed by atoms with Crippen molar-refractivity contribution in [2.45, 2.75) is 6.42 Å². The molecule has 5 rings (SSSR count). The average Bonchev–Trinajstić information content (AvgIpc) is 3.15. The van der Waals surface area contributed by atoms with E-state index in [4.69, 9.17) is 0 Å². The minimum absolute atomic E-state index is 0.199.